The average molecular weight is 387 g/mol. The minimum absolute atomic E-state index is 0.0521. The van der Waals surface area contributed by atoms with Crippen LogP contribution in [0.15, 0.2) is 23.3 Å². The number of allylic oxidation sites excluding steroid dienone is 4. The number of carbonyl (C=O) groups is 2. The smallest absolute Gasteiger partial charge is 0.145 e. The van der Waals surface area contributed by atoms with Crippen LogP contribution in [0.4, 0.5) is 0 Å². The molecule has 0 heterocycles. The first kappa shape index (κ1) is 21.5. The Morgan fingerprint density at radius 3 is 2.75 bits per heavy atom. The minimum atomic E-state index is -0.872. The van der Waals surface area contributed by atoms with Crippen LogP contribution >= 0.6 is 0 Å². The number of fused-ring (bicyclic) bond motifs is 2. The summed E-state index contributed by atoms with van der Waals surface area (Å²) in [5.74, 6) is 2.11. The van der Waals surface area contributed by atoms with E-state index in [9.17, 15) is 14.7 Å². The summed E-state index contributed by atoms with van der Waals surface area (Å²) < 4.78 is 0. The molecule has 0 aromatic carbocycles. The second-order valence-corrected chi connectivity index (χ2v) is 10.6. The van der Waals surface area contributed by atoms with Crippen molar-refractivity contribution < 1.29 is 14.7 Å². The number of aldehydes is 1. The first-order valence-corrected chi connectivity index (χ1v) is 11.1. The predicted molar refractivity (Wildman–Crippen MR) is 113 cm³/mol. The zero-order valence-electron chi connectivity index (χ0n) is 18.3. The van der Waals surface area contributed by atoms with Crippen LogP contribution in [-0.2, 0) is 9.59 Å². The zero-order chi connectivity index (χ0) is 20.7. The number of hydrogen-bond acceptors (Lipinski definition) is 3. The lowest BCUT2D eigenvalue weighted by atomic mass is 9.62. The molecule has 3 heteroatoms. The molecule has 7 atom stereocenters. The second-order valence-electron chi connectivity index (χ2n) is 10.6. The van der Waals surface area contributed by atoms with Gasteiger partial charge in [-0.2, -0.15) is 0 Å². The van der Waals surface area contributed by atoms with Crippen molar-refractivity contribution in [2.75, 3.05) is 0 Å². The molecule has 0 spiro atoms. The van der Waals surface area contributed by atoms with Gasteiger partial charge in [0.25, 0.3) is 0 Å². The number of aliphatic hydroxyl groups is 1. The Balaban J connectivity index is 1.80. The molecular weight excluding hydrogens is 348 g/mol. The number of ketones is 1. The highest BCUT2D eigenvalue weighted by atomic mass is 16.3. The number of Topliss-reactive ketones (excluding diaryl/α,β-unsaturated/α-hetero) is 1. The Morgan fingerprint density at radius 2 is 2.07 bits per heavy atom. The molecule has 2 fully saturated rings. The van der Waals surface area contributed by atoms with Gasteiger partial charge in [0.1, 0.15) is 12.1 Å². The average Bonchev–Trinajstić information content (AvgIpc) is 3.04. The maximum Gasteiger partial charge on any atom is 0.145 e. The van der Waals surface area contributed by atoms with Gasteiger partial charge in [-0.25, -0.2) is 0 Å². The van der Waals surface area contributed by atoms with Crippen LogP contribution in [0.25, 0.3) is 0 Å². The molecule has 0 bridgehead atoms. The minimum Gasteiger partial charge on any atom is -0.389 e. The first-order valence-electron chi connectivity index (χ1n) is 11.1. The van der Waals surface area contributed by atoms with Gasteiger partial charge in [0.05, 0.1) is 5.60 Å². The summed E-state index contributed by atoms with van der Waals surface area (Å²) in [5.41, 5.74) is 1.33. The van der Waals surface area contributed by atoms with E-state index in [0.29, 0.717) is 24.2 Å². The summed E-state index contributed by atoms with van der Waals surface area (Å²) in [7, 11) is 0. The molecule has 2 saturated carbocycles. The van der Waals surface area contributed by atoms with E-state index < -0.39 is 5.60 Å². The molecule has 0 unspecified atom stereocenters. The van der Waals surface area contributed by atoms with Crippen molar-refractivity contribution in [3.05, 3.63) is 23.3 Å². The zero-order valence-corrected chi connectivity index (χ0v) is 18.3. The molecule has 0 radical (unpaired) electrons. The highest BCUT2D eigenvalue weighted by molar-refractivity contribution is 5.87. The maximum absolute atomic E-state index is 12.6. The summed E-state index contributed by atoms with van der Waals surface area (Å²) in [6, 6.07) is 0. The molecule has 0 amide bonds. The monoisotopic (exact) mass is 386 g/mol. The van der Waals surface area contributed by atoms with Crippen LogP contribution in [0.2, 0.25) is 0 Å². The van der Waals surface area contributed by atoms with Crippen LogP contribution in [0.1, 0.15) is 79.6 Å². The predicted octanol–water partition coefficient (Wildman–Crippen LogP) is 5.28. The van der Waals surface area contributed by atoms with E-state index >= 15 is 0 Å². The number of carbonyl (C=O) groups excluding carboxylic acids is 2. The standard InChI is InChI=1S/C25H38O3/c1-16(15-26)7-6-8-17(2)19-11-12-24(4)13-21-23(18(3)9-10-20(19)24)22(27)14-25(21,5)28/h7,9,15,17,19-21,23,28H,6,8,10-14H2,1-5H3/b16-7-,18-9-/t17-,19+,20-,21-,23+,24+,25+/m0/s1. The lowest BCUT2D eigenvalue weighted by molar-refractivity contribution is -0.120. The Morgan fingerprint density at radius 1 is 1.36 bits per heavy atom. The van der Waals surface area contributed by atoms with E-state index in [1.54, 1.807) is 0 Å². The van der Waals surface area contributed by atoms with Crippen LogP contribution in [0, 0.1) is 35.0 Å². The fraction of sp³-hybridized carbons (Fsp3) is 0.760. The van der Waals surface area contributed by atoms with Crippen LogP contribution < -0.4 is 0 Å². The molecule has 156 valence electrons. The fourth-order valence-electron chi connectivity index (χ4n) is 6.66. The number of hydrogen-bond donors (Lipinski definition) is 1. The lowest BCUT2D eigenvalue weighted by Crippen LogP contribution is -2.40. The third-order valence-corrected chi connectivity index (χ3v) is 8.42. The fourth-order valence-corrected chi connectivity index (χ4v) is 6.66. The summed E-state index contributed by atoms with van der Waals surface area (Å²) in [6.07, 6.45) is 12.1. The normalized spacial score (nSPS) is 44.1. The van der Waals surface area contributed by atoms with Gasteiger partial charge in [-0.05, 0) is 88.0 Å². The summed E-state index contributed by atoms with van der Waals surface area (Å²) in [4.78, 5) is 23.5. The quantitative estimate of drug-likeness (QED) is 0.397. The summed E-state index contributed by atoms with van der Waals surface area (Å²) in [5, 5.41) is 11.0. The topological polar surface area (TPSA) is 54.4 Å². The van der Waals surface area contributed by atoms with Crippen LogP contribution in [0.5, 0.6) is 0 Å². The van der Waals surface area contributed by atoms with Gasteiger partial charge >= 0.3 is 0 Å². The van der Waals surface area contributed by atoms with Gasteiger partial charge in [0.2, 0.25) is 0 Å². The molecule has 28 heavy (non-hydrogen) atoms. The van der Waals surface area contributed by atoms with Gasteiger partial charge < -0.3 is 5.11 Å². The molecule has 3 aliphatic rings. The first-order chi connectivity index (χ1) is 13.1. The third-order valence-electron chi connectivity index (χ3n) is 8.42. The molecule has 1 N–H and O–H groups in total. The van der Waals surface area contributed by atoms with Gasteiger partial charge in [-0.3, -0.25) is 9.59 Å². The van der Waals surface area contributed by atoms with Crippen LogP contribution in [-0.4, -0.2) is 22.8 Å². The summed E-state index contributed by atoms with van der Waals surface area (Å²) >= 11 is 0. The SMILES string of the molecule is C/C(C=O)=C/CC[C@H](C)[C@H]1CC[C@]2(C)C[C@H]3[C@H](C(=O)C[C@@]3(C)O)/C(C)=C\C[C@@H]12. The Bertz CT molecular complexity index is 686. The highest BCUT2D eigenvalue weighted by Gasteiger charge is 2.56. The van der Waals surface area contributed by atoms with E-state index in [1.807, 2.05) is 13.8 Å². The van der Waals surface area contributed by atoms with E-state index in [1.165, 1.54) is 18.4 Å². The third kappa shape index (κ3) is 3.92. The van der Waals surface area contributed by atoms with Gasteiger partial charge in [-0.15, -0.1) is 0 Å². The second kappa shape index (κ2) is 7.89. The van der Waals surface area contributed by atoms with Gasteiger partial charge in [0.15, 0.2) is 0 Å². The van der Waals surface area contributed by atoms with Crippen molar-refractivity contribution in [1.82, 2.24) is 0 Å². The van der Waals surface area contributed by atoms with Crippen molar-refractivity contribution >= 4 is 12.1 Å². The van der Waals surface area contributed by atoms with E-state index in [-0.39, 0.29) is 23.0 Å². The van der Waals surface area contributed by atoms with E-state index in [4.69, 9.17) is 0 Å². The molecule has 3 nitrogen and oxygen atoms in total. The number of rotatable bonds is 5. The van der Waals surface area contributed by atoms with Crippen LogP contribution in [0.3, 0.4) is 0 Å². The highest BCUT2D eigenvalue weighted by Crippen LogP contribution is 2.59. The van der Waals surface area contributed by atoms with Crippen molar-refractivity contribution in [3.63, 3.8) is 0 Å². The molecular formula is C25H38O3. The summed E-state index contributed by atoms with van der Waals surface area (Å²) in [6.45, 7) is 10.6. The lowest BCUT2D eigenvalue weighted by Gasteiger charge is -2.43. The Labute approximate surface area is 170 Å². The molecule has 0 aromatic heterocycles. The molecule has 0 aliphatic heterocycles. The molecule has 3 rings (SSSR count). The van der Waals surface area contributed by atoms with Gasteiger partial charge in [0, 0.05) is 18.3 Å². The Hall–Kier alpha value is -1.22. The van der Waals surface area contributed by atoms with E-state index in [2.05, 4.69) is 32.9 Å². The van der Waals surface area contributed by atoms with E-state index in [0.717, 1.165) is 37.5 Å². The molecule has 3 aliphatic carbocycles. The maximum atomic E-state index is 12.6. The van der Waals surface area contributed by atoms with Crippen molar-refractivity contribution in [3.8, 4) is 0 Å². The molecule has 0 aromatic rings. The largest absolute Gasteiger partial charge is 0.389 e. The van der Waals surface area contributed by atoms with Crippen molar-refractivity contribution in [1.29, 1.82) is 0 Å². The van der Waals surface area contributed by atoms with Crippen molar-refractivity contribution in [2.24, 2.45) is 35.0 Å². The molecule has 0 saturated heterocycles. The van der Waals surface area contributed by atoms with Gasteiger partial charge in [-0.1, -0.05) is 31.6 Å². The van der Waals surface area contributed by atoms with Crippen molar-refractivity contribution in [2.45, 2.75) is 85.2 Å². The Kier molecular flexibility index (Phi) is 6.06.